The molecule has 0 saturated heterocycles. The van der Waals surface area contributed by atoms with Crippen LogP contribution in [-0.4, -0.2) is 64.3 Å². The van der Waals surface area contributed by atoms with Gasteiger partial charge < -0.3 is 31.1 Å². The van der Waals surface area contributed by atoms with Gasteiger partial charge in [0.1, 0.15) is 6.10 Å². The Morgan fingerprint density at radius 3 is 2.48 bits per heavy atom. The Morgan fingerprint density at radius 2 is 1.88 bits per heavy atom. The summed E-state index contributed by atoms with van der Waals surface area (Å²) in [6.07, 6.45) is 7.42. The van der Waals surface area contributed by atoms with E-state index in [9.17, 15) is 34.5 Å². The van der Waals surface area contributed by atoms with E-state index in [0.717, 1.165) is 6.08 Å². The lowest BCUT2D eigenvalue weighted by Gasteiger charge is -2.29. The van der Waals surface area contributed by atoms with Crippen LogP contribution in [0.5, 0.6) is 0 Å². The molecule has 2 rings (SSSR count). The number of aliphatic hydroxyl groups is 3. The van der Waals surface area contributed by atoms with E-state index < -0.39 is 54.4 Å². The summed E-state index contributed by atoms with van der Waals surface area (Å²) in [5, 5.41) is 34.0. The number of allylic oxidation sites excluding steroid dienone is 6. The molecule has 10 nitrogen and oxygen atoms in total. The first kappa shape index (κ1) is 34.6. The number of Topliss-reactive ketones (excluding diaryl/α,β-unsaturated/α-hetero) is 1. The van der Waals surface area contributed by atoms with Gasteiger partial charge in [-0.05, 0) is 51.0 Å². The maximum atomic E-state index is 13.6. The summed E-state index contributed by atoms with van der Waals surface area (Å²) >= 11 is 0. The van der Waals surface area contributed by atoms with Crippen molar-refractivity contribution in [1.82, 2.24) is 5.32 Å². The van der Waals surface area contributed by atoms with Crippen molar-refractivity contribution in [2.45, 2.75) is 65.6 Å². The summed E-state index contributed by atoms with van der Waals surface area (Å²) < 4.78 is 5.31. The van der Waals surface area contributed by atoms with Gasteiger partial charge in [-0.2, -0.15) is 0 Å². The molecule has 0 aromatic rings. The number of amides is 2. The second kappa shape index (κ2) is 16.1. The number of rotatable bonds is 6. The number of primary amides is 1. The number of aliphatic hydroxyl groups excluding tert-OH is 3. The van der Waals surface area contributed by atoms with Gasteiger partial charge in [0.15, 0.2) is 5.78 Å². The number of nitrogens with one attached hydrogen (secondary N) is 1. The lowest BCUT2D eigenvalue weighted by atomic mass is 9.79. The molecule has 42 heavy (non-hydrogen) atoms. The van der Waals surface area contributed by atoms with Crippen LogP contribution in [0.4, 0.5) is 4.79 Å². The molecule has 0 unspecified atom stereocenters. The third-order valence-corrected chi connectivity index (χ3v) is 7.70. The van der Waals surface area contributed by atoms with Crippen LogP contribution >= 0.6 is 0 Å². The van der Waals surface area contributed by atoms with Gasteiger partial charge in [-0.1, -0.05) is 44.2 Å². The summed E-state index contributed by atoms with van der Waals surface area (Å²) in [7, 11) is 0. The largest absolute Gasteiger partial charge is 0.441 e. The molecule has 0 aromatic carbocycles. The van der Waals surface area contributed by atoms with Crippen molar-refractivity contribution >= 4 is 23.6 Å². The van der Waals surface area contributed by atoms with Crippen LogP contribution in [0.25, 0.3) is 0 Å². The average molecular weight is 585 g/mol. The fourth-order valence-electron chi connectivity index (χ4n) is 5.41. The highest BCUT2D eigenvalue weighted by molar-refractivity contribution is 6.23. The molecule has 0 fully saturated rings. The van der Waals surface area contributed by atoms with Crippen LogP contribution in [0.2, 0.25) is 0 Å². The first-order valence-electron chi connectivity index (χ1n) is 14.2. The molecule has 6 N–H and O–H groups in total. The summed E-state index contributed by atoms with van der Waals surface area (Å²) in [6.45, 7) is 9.81. The summed E-state index contributed by atoms with van der Waals surface area (Å²) in [4.78, 5) is 51.3. The number of fused-ring (bicyclic) bond motifs is 2. The molecule has 6 atom stereocenters. The van der Waals surface area contributed by atoms with Crippen LogP contribution in [0.15, 0.2) is 71.0 Å². The Hall–Kier alpha value is -3.60. The Labute approximate surface area is 247 Å². The van der Waals surface area contributed by atoms with Gasteiger partial charge in [0, 0.05) is 47.2 Å². The van der Waals surface area contributed by atoms with Crippen molar-refractivity contribution in [1.29, 1.82) is 0 Å². The van der Waals surface area contributed by atoms with E-state index in [1.54, 1.807) is 32.1 Å². The van der Waals surface area contributed by atoms with Gasteiger partial charge in [0.25, 0.3) is 5.91 Å². The predicted molar refractivity (Wildman–Crippen MR) is 159 cm³/mol. The molecule has 1 aliphatic carbocycles. The molecule has 0 aromatic heterocycles. The number of ether oxygens (including phenoxy) is 1. The molecule has 230 valence electrons. The van der Waals surface area contributed by atoms with E-state index in [2.05, 4.69) is 11.9 Å². The zero-order valence-corrected chi connectivity index (χ0v) is 24.8. The molecule has 1 aliphatic heterocycles. The second-order valence-electron chi connectivity index (χ2n) is 11.2. The molecule has 10 heteroatoms. The molecule has 1 heterocycles. The van der Waals surface area contributed by atoms with E-state index in [1.807, 2.05) is 6.92 Å². The third-order valence-electron chi connectivity index (χ3n) is 7.70. The minimum Gasteiger partial charge on any atom is -0.441 e. The van der Waals surface area contributed by atoms with Crippen molar-refractivity contribution in [3.8, 4) is 0 Å². The Morgan fingerprint density at radius 1 is 1.19 bits per heavy atom. The molecule has 0 spiro atoms. The third kappa shape index (κ3) is 9.20. The normalized spacial score (nSPS) is 31.7. The summed E-state index contributed by atoms with van der Waals surface area (Å²) in [5.41, 5.74) is 6.61. The fourth-order valence-corrected chi connectivity index (χ4v) is 5.41. The van der Waals surface area contributed by atoms with Crippen molar-refractivity contribution in [3.05, 3.63) is 71.0 Å². The van der Waals surface area contributed by atoms with Crippen LogP contribution in [-0.2, 0) is 19.1 Å². The molecule has 0 saturated carbocycles. The molecule has 2 bridgehead atoms. The first-order valence-corrected chi connectivity index (χ1v) is 14.2. The van der Waals surface area contributed by atoms with Gasteiger partial charge in [0.2, 0.25) is 5.78 Å². The predicted octanol–water partition coefficient (Wildman–Crippen LogP) is 2.96. The van der Waals surface area contributed by atoms with Gasteiger partial charge in [-0.3, -0.25) is 14.4 Å². The Bertz CT molecular complexity index is 1210. The van der Waals surface area contributed by atoms with Crippen molar-refractivity contribution in [3.63, 3.8) is 0 Å². The quantitative estimate of drug-likeness (QED) is 0.234. The standard InChI is InChI=1S/C32H44N2O8/c1-6-7-11-24-25-13-18(2)12-23(17-36)28(38)20(4)14-21(5)30(42-32(33)41)22(16-35)10-8-9-19(3)31(40)34-26(29(25)39)15-27(24)37/h6,8-10,14-15,18,20,22-23,28,30,35-36,38H,1,7,11-13,16-17H2,2-5H3,(H2,33,41)(H,34,40)/b10-8-,19-9+,21-14+/t18-,20-,22+,23+,28+,30-/m0/s1. The summed E-state index contributed by atoms with van der Waals surface area (Å²) in [6, 6.07) is 0. The zero-order valence-electron chi connectivity index (χ0n) is 24.8. The Kier molecular flexibility index (Phi) is 13.3. The zero-order chi connectivity index (χ0) is 31.6. The van der Waals surface area contributed by atoms with Crippen LogP contribution < -0.4 is 11.1 Å². The molecule has 2 amide bonds. The fraction of sp³-hybridized carbons (Fsp3) is 0.500. The van der Waals surface area contributed by atoms with E-state index in [-0.39, 0.29) is 36.0 Å². The smallest absolute Gasteiger partial charge is 0.405 e. The molecular weight excluding hydrogens is 540 g/mol. The van der Waals surface area contributed by atoms with Crippen LogP contribution in [0.1, 0.15) is 53.4 Å². The van der Waals surface area contributed by atoms with E-state index >= 15 is 0 Å². The van der Waals surface area contributed by atoms with Gasteiger partial charge in [-0.15, -0.1) is 6.58 Å². The number of nitrogens with two attached hydrogens (primary N) is 1. The van der Waals surface area contributed by atoms with Crippen molar-refractivity contribution in [2.75, 3.05) is 13.2 Å². The first-order chi connectivity index (χ1) is 19.8. The van der Waals surface area contributed by atoms with Crippen molar-refractivity contribution in [2.24, 2.45) is 29.4 Å². The second-order valence-corrected chi connectivity index (χ2v) is 11.2. The molecular formula is C32H44N2O8. The summed E-state index contributed by atoms with van der Waals surface area (Å²) in [5.74, 6) is -3.41. The minimum atomic E-state index is -1.04. The number of carbonyl (C=O) groups excluding carboxylic acids is 4. The number of carbonyl (C=O) groups is 4. The van der Waals surface area contributed by atoms with Crippen molar-refractivity contribution < 1.29 is 39.2 Å². The SMILES string of the molecule is C=CCCC1=C2C[C@@H](C)C[C@H](CO)[C@H](O)[C@@H](C)/C=C(\C)[C@H](OC(N)=O)[C@@H](CO)/C=C\C=C(/C)C(=O)NC(=CC1=O)C2=O. The average Bonchev–Trinajstić information content (AvgIpc) is 2.94. The number of hydrogen-bond acceptors (Lipinski definition) is 8. The van der Waals surface area contributed by atoms with Gasteiger partial charge in [0.05, 0.1) is 18.4 Å². The lowest BCUT2D eigenvalue weighted by Crippen LogP contribution is -2.34. The number of hydrogen-bond donors (Lipinski definition) is 5. The van der Waals surface area contributed by atoms with Gasteiger partial charge in [-0.25, -0.2) is 4.79 Å². The highest BCUT2D eigenvalue weighted by atomic mass is 16.6. The van der Waals surface area contributed by atoms with E-state index in [4.69, 9.17) is 10.5 Å². The maximum absolute atomic E-state index is 13.6. The maximum Gasteiger partial charge on any atom is 0.405 e. The topological polar surface area (TPSA) is 176 Å². The van der Waals surface area contributed by atoms with Gasteiger partial charge >= 0.3 is 6.09 Å². The monoisotopic (exact) mass is 584 g/mol. The van der Waals surface area contributed by atoms with E-state index in [1.165, 1.54) is 19.1 Å². The molecule has 0 radical (unpaired) electrons. The highest BCUT2D eigenvalue weighted by Gasteiger charge is 2.32. The van der Waals surface area contributed by atoms with Crippen LogP contribution in [0, 0.1) is 23.7 Å². The number of ketones is 2. The van der Waals surface area contributed by atoms with E-state index in [0.29, 0.717) is 36.0 Å². The minimum absolute atomic E-state index is 0.125. The highest BCUT2D eigenvalue weighted by Crippen LogP contribution is 2.32. The Balaban J connectivity index is 2.62. The lowest BCUT2D eigenvalue weighted by molar-refractivity contribution is -0.120. The van der Waals surface area contributed by atoms with Crippen LogP contribution in [0.3, 0.4) is 0 Å². The molecule has 2 aliphatic rings.